The molecule has 32 heavy (non-hydrogen) atoms. The predicted molar refractivity (Wildman–Crippen MR) is 122 cm³/mol. The van der Waals surface area contributed by atoms with Crippen LogP contribution < -0.4 is 0 Å². The Morgan fingerprint density at radius 1 is 1.09 bits per heavy atom. The molecule has 4 saturated carbocycles. The van der Waals surface area contributed by atoms with E-state index in [1.54, 1.807) is 0 Å². The second-order valence-electron chi connectivity index (χ2n) is 12.0. The Hall–Kier alpha value is -1.39. The minimum absolute atomic E-state index is 0.0256. The van der Waals surface area contributed by atoms with Crippen LogP contribution in [0.2, 0.25) is 0 Å². The molecule has 0 bridgehead atoms. The highest BCUT2D eigenvalue weighted by atomic mass is 16.5. The van der Waals surface area contributed by atoms with E-state index in [4.69, 9.17) is 9.47 Å². The monoisotopic (exact) mass is 446 g/mol. The highest BCUT2D eigenvalue weighted by Crippen LogP contribution is 2.67. The average Bonchev–Trinajstić information content (AvgIpc) is 3.07. The van der Waals surface area contributed by atoms with E-state index >= 15 is 0 Å². The van der Waals surface area contributed by atoms with Crippen LogP contribution >= 0.6 is 0 Å². The van der Waals surface area contributed by atoms with Gasteiger partial charge in [-0.1, -0.05) is 20.8 Å². The number of rotatable bonds is 5. The summed E-state index contributed by atoms with van der Waals surface area (Å²) in [5.41, 5.74) is 0.110. The van der Waals surface area contributed by atoms with E-state index in [2.05, 4.69) is 20.8 Å². The molecule has 0 aromatic carbocycles. The van der Waals surface area contributed by atoms with E-state index < -0.39 is 0 Å². The van der Waals surface area contributed by atoms with Crippen LogP contribution in [0.5, 0.6) is 0 Å². The standard InChI is InChI=1S/C27H42O5/c1-16(6-11-24(30)31-5)21-9-10-22-20-8-7-18-14-19(32-17(2)28)12-13-26(18,3)25(20)23(29)15-27(21,22)4/h16,18-22,25H,6-15H2,1-5H3/t16-,18-,19-,20+,21+,22-,25+,26+,27-/m1/s1. The minimum Gasteiger partial charge on any atom is -0.469 e. The first kappa shape index (κ1) is 23.8. The number of carbonyl (C=O) groups is 3. The average molecular weight is 447 g/mol. The number of carbonyl (C=O) groups excluding carboxylic acids is 3. The first-order chi connectivity index (χ1) is 15.1. The lowest BCUT2D eigenvalue weighted by Gasteiger charge is -2.60. The molecule has 0 aromatic heterocycles. The number of Topliss-reactive ketones (excluding diaryl/α,β-unsaturated/α-hetero) is 1. The zero-order valence-corrected chi connectivity index (χ0v) is 20.7. The maximum absolute atomic E-state index is 13.8. The first-order valence-electron chi connectivity index (χ1n) is 12.9. The second-order valence-corrected chi connectivity index (χ2v) is 12.0. The largest absolute Gasteiger partial charge is 0.469 e. The Morgan fingerprint density at radius 2 is 1.84 bits per heavy atom. The van der Waals surface area contributed by atoms with Crippen molar-refractivity contribution in [1.29, 1.82) is 0 Å². The number of fused-ring (bicyclic) bond motifs is 5. The van der Waals surface area contributed by atoms with E-state index in [9.17, 15) is 14.4 Å². The maximum Gasteiger partial charge on any atom is 0.305 e. The summed E-state index contributed by atoms with van der Waals surface area (Å²) in [7, 11) is 1.45. The molecule has 0 radical (unpaired) electrons. The van der Waals surface area contributed by atoms with Crippen molar-refractivity contribution >= 4 is 17.7 Å². The highest BCUT2D eigenvalue weighted by Gasteiger charge is 2.63. The van der Waals surface area contributed by atoms with Crippen LogP contribution in [0.3, 0.4) is 0 Å². The normalized spacial score (nSPS) is 44.1. The number of ketones is 1. The molecule has 0 amide bonds. The van der Waals surface area contributed by atoms with E-state index in [1.807, 2.05) is 0 Å². The molecule has 0 aromatic rings. The lowest BCUT2D eigenvalue weighted by Crippen LogP contribution is -2.58. The summed E-state index contributed by atoms with van der Waals surface area (Å²) in [6.07, 6.45) is 9.51. The van der Waals surface area contributed by atoms with Crippen LogP contribution in [0.15, 0.2) is 0 Å². The van der Waals surface area contributed by atoms with E-state index in [1.165, 1.54) is 26.9 Å². The summed E-state index contributed by atoms with van der Waals surface area (Å²) in [6.45, 7) is 8.51. The molecular weight excluding hydrogens is 404 g/mol. The summed E-state index contributed by atoms with van der Waals surface area (Å²) in [5.74, 6) is 2.85. The van der Waals surface area contributed by atoms with Crippen molar-refractivity contribution in [3.8, 4) is 0 Å². The fourth-order valence-electron chi connectivity index (χ4n) is 9.00. The van der Waals surface area contributed by atoms with Crippen molar-refractivity contribution in [3.05, 3.63) is 0 Å². The molecule has 4 rings (SSSR count). The van der Waals surface area contributed by atoms with Gasteiger partial charge in [-0.05, 0) is 91.8 Å². The SMILES string of the molecule is COC(=O)CC[C@@H](C)[C@@H]1CC[C@@H]2[C@@H]3CC[C@@H]4C[C@H](OC(C)=O)CC[C@]4(C)[C@@H]3C(=O)C[C@@]21C. The van der Waals surface area contributed by atoms with Gasteiger partial charge in [0.25, 0.3) is 0 Å². The van der Waals surface area contributed by atoms with Crippen molar-refractivity contribution < 1.29 is 23.9 Å². The molecule has 0 N–H and O–H groups in total. The Labute approximate surface area is 193 Å². The van der Waals surface area contributed by atoms with Gasteiger partial charge in [0.15, 0.2) is 0 Å². The lowest BCUT2D eigenvalue weighted by atomic mass is 9.44. The van der Waals surface area contributed by atoms with Gasteiger partial charge in [-0.3, -0.25) is 14.4 Å². The van der Waals surface area contributed by atoms with Crippen LogP contribution in [0.1, 0.15) is 91.9 Å². The Balaban J connectivity index is 1.50. The summed E-state index contributed by atoms with van der Waals surface area (Å²) < 4.78 is 10.4. The van der Waals surface area contributed by atoms with Crippen LogP contribution in [-0.2, 0) is 23.9 Å². The predicted octanol–water partition coefficient (Wildman–Crippen LogP) is 5.35. The van der Waals surface area contributed by atoms with Gasteiger partial charge in [-0.15, -0.1) is 0 Å². The van der Waals surface area contributed by atoms with E-state index in [-0.39, 0.29) is 34.8 Å². The van der Waals surface area contributed by atoms with Gasteiger partial charge in [0, 0.05) is 25.7 Å². The van der Waals surface area contributed by atoms with Crippen molar-refractivity contribution in [2.45, 2.75) is 98.0 Å². The van der Waals surface area contributed by atoms with Crippen LogP contribution in [0, 0.1) is 46.3 Å². The maximum atomic E-state index is 13.8. The molecule has 0 spiro atoms. The van der Waals surface area contributed by atoms with Gasteiger partial charge in [-0.25, -0.2) is 0 Å². The summed E-state index contributed by atoms with van der Waals surface area (Å²) >= 11 is 0. The van der Waals surface area contributed by atoms with Gasteiger partial charge < -0.3 is 9.47 Å². The van der Waals surface area contributed by atoms with Gasteiger partial charge >= 0.3 is 11.9 Å². The number of hydrogen-bond acceptors (Lipinski definition) is 5. The molecule has 4 aliphatic rings. The fourth-order valence-corrected chi connectivity index (χ4v) is 9.00. The van der Waals surface area contributed by atoms with E-state index in [0.29, 0.717) is 48.2 Å². The smallest absolute Gasteiger partial charge is 0.305 e. The topological polar surface area (TPSA) is 69.7 Å². The van der Waals surface area contributed by atoms with Gasteiger partial charge in [-0.2, -0.15) is 0 Å². The third-order valence-corrected chi connectivity index (χ3v) is 10.4. The number of methoxy groups -OCH3 is 1. The molecule has 5 heteroatoms. The third kappa shape index (κ3) is 3.92. The van der Waals surface area contributed by atoms with Crippen molar-refractivity contribution in [3.63, 3.8) is 0 Å². The number of ether oxygens (including phenoxy) is 2. The second kappa shape index (κ2) is 8.76. The molecule has 0 saturated heterocycles. The van der Waals surface area contributed by atoms with Gasteiger partial charge in [0.1, 0.15) is 11.9 Å². The molecule has 0 heterocycles. The van der Waals surface area contributed by atoms with Crippen LogP contribution in [0.4, 0.5) is 0 Å². The first-order valence-corrected chi connectivity index (χ1v) is 12.9. The lowest BCUT2D eigenvalue weighted by molar-refractivity contribution is -0.169. The Kier molecular flexibility index (Phi) is 6.50. The minimum atomic E-state index is -0.185. The zero-order valence-electron chi connectivity index (χ0n) is 20.7. The van der Waals surface area contributed by atoms with Crippen molar-refractivity contribution in [2.24, 2.45) is 46.3 Å². The Bertz CT molecular complexity index is 761. The molecule has 180 valence electrons. The van der Waals surface area contributed by atoms with Crippen LogP contribution in [0.25, 0.3) is 0 Å². The number of hydrogen-bond donors (Lipinski definition) is 0. The fraction of sp³-hybridized carbons (Fsp3) is 0.889. The molecule has 0 unspecified atom stereocenters. The Morgan fingerprint density at radius 3 is 2.53 bits per heavy atom. The molecule has 9 atom stereocenters. The van der Waals surface area contributed by atoms with E-state index in [0.717, 1.165) is 38.5 Å². The zero-order chi connectivity index (χ0) is 23.3. The third-order valence-electron chi connectivity index (χ3n) is 10.4. The molecule has 4 aliphatic carbocycles. The summed E-state index contributed by atoms with van der Waals surface area (Å²) in [5, 5.41) is 0. The van der Waals surface area contributed by atoms with Gasteiger partial charge in [0.2, 0.25) is 0 Å². The summed E-state index contributed by atoms with van der Waals surface area (Å²) in [6, 6.07) is 0. The molecule has 0 aliphatic heterocycles. The highest BCUT2D eigenvalue weighted by molar-refractivity contribution is 5.84. The van der Waals surface area contributed by atoms with Crippen LogP contribution in [-0.4, -0.2) is 30.9 Å². The molecule has 4 fully saturated rings. The van der Waals surface area contributed by atoms with Crippen molar-refractivity contribution in [1.82, 2.24) is 0 Å². The van der Waals surface area contributed by atoms with Crippen molar-refractivity contribution in [2.75, 3.05) is 7.11 Å². The quantitative estimate of drug-likeness (QED) is 0.533. The number of esters is 2. The summed E-state index contributed by atoms with van der Waals surface area (Å²) in [4.78, 5) is 37.0. The molecular formula is C27H42O5. The van der Waals surface area contributed by atoms with Gasteiger partial charge in [0.05, 0.1) is 7.11 Å². The molecule has 5 nitrogen and oxygen atoms in total.